The van der Waals surface area contributed by atoms with Crippen LogP contribution in [0.2, 0.25) is 0 Å². The fourth-order valence-corrected chi connectivity index (χ4v) is 4.47. The number of aliphatic carboxylic acids is 1. The van der Waals surface area contributed by atoms with Gasteiger partial charge in [-0.1, -0.05) is 0 Å². The van der Waals surface area contributed by atoms with Crippen LogP contribution in [0.1, 0.15) is 37.8 Å². The van der Waals surface area contributed by atoms with Gasteiger partial charge in [-0.15, -0.1) is 0 Å². The van der Waals surface area contributed by atoms with Gasteiger partial charge in [0.15, 0.2) is 0 Å². The molecule has 1 atom stereocenters. The third kappa shape index (κ3) is 3.44. The molecule has 2 saturated heterocycles. The van der Waals surface area contributed by atoms with Crippen molar-refractivity contribution in [3.63, 3.8) is 0 Å². The van der Waals surface area contributed by atoms with Gasteiger partial charge in [0.2, 0.25) is 11.9 Å². The highest BCUT2D eigenvalue weighted by atomic mass is 16.4. The summed E-state index contributed by atoms with van der Waals surface area (Å²) in [7, 11) is 1.81. The monoisotopic (exact) mass is 373 g/mol. The normalized spacial score (nSPS) is 24.3. The Balaban J connectivity index is 1.47. The zero-order chi connectivity index (χ0) is 19.2. The molecule has 1 amide bonds. The Morgan fingerprint density at radius 1 is 1.26 bits per heavy atom. The van der Waals surface area contributed by atoms with Crippen LogP contribution in [0, 0.1) is 18.3 Å². The number of carbonyl (C=O) groups is 2. The fourth-order valence-electron chi connectivity index (χ4n) is 4.47. The second-order valence-electron chi connectivity index (χ2n) is 8.23. The summed E-state index contributed by atoms with van der Waals surface area (Å²) < 4.78 is 0. The number of nitrogens with one attached hydrogen (secondary N) is 1. The minimum Gasteiger partial charge on any atom is -0.480 e. The molecular weight excluding hydrogens is 346 g/mol. The number of aromatic nitrogens is 2. The van der Waals surface area contributed by atoms with Crippen molar-refractivity contribution in [2.75, 3.05) is 36.9 Å². The molecule has 3 aliphatic rings. The molecule has 1 spiro atoms. The fraction of sp³-hybridized carbons (Fsp3) is 0.684. The maximum atomic E-state index is 12.6. The second kappa shape index (κ2) is 6.65. The van der Waals surface area contributed by atoms with Crippen LogP contribution in [-0.4, -0.2) is 64.6 Å². The van der Waals surface area contributed by atoms with Crippen LogP contribution >= 0.6 is 0 Å². The Bertz CT molecular complexity index is 756. The number of carboxylic acids is 1. The van der Waals surface area contributed by atoms with Gasteiger partial charge in [-0.25, -0.2) is 9.78 Å². The number of aryl methyl sites for hydroxylation is 1. The van der Waals surface area contributed by atoms with E-state index in [9.17, 15) is 14.7 Å². The molecule has 27 heavy (non-hydrogen) atoms. The molecule has 8 nitrogen and oxygen atoms in total. The van der Waals surface area contributed by atoms with Crippen molar-refractivity contribution in [3.05, 3.63) is 11.8 Å². The highest BCUT2D eigenvalue weighted by Crippen LogP contribution is 2.46. The first-order chi connectivity index (χ1) is 12.9. The van der Waals surface area contributed by atoms with Gasteiger partial charge in [-0.05, 0) is 44.4 Å². The Kier molecular flexibility index (Phi) is 4.44. The molecule has 146 valence electrons. The van der Waals surface area contributed by atoms with Crippen molar-refractivity contribution in [1.82, 2.24) is 14.9 Å². The SMILES string of the molecule is CNc1nc(C)cc(N2CCC3(CC2)C[C@@H](C(=O)O)N(C(=O)C2CC2)C3)n1. The number of amides is 1. The highest BCUT2D eigenvalue weighted by molar-refractivity contribution is 5.87. The van der Waals surface area contributed by atoms with E-state index in [1.165, 1.54) is 0 Å². The number of hydrogen-bond acceptors (Lipinski definition) is 6. The average molecular weight is 373 g/mol. The molecule has 1 aliphatic carbocycles. The van der Waals surface area contributed by atoms with E-state index in [1.54, 1.807) is 11.9 Å². The van der Waals surface area contributed by atoms with E-state index in [4.69, 9.17) is 0 Å². The van der Waals surface area contributed by atoms with Crippen LogP contribution in [0.5, 0.6) is 0 Å². The first kappa shape index (κ1) is 18.0. The molecule has 1 saturated carbocycles. The summed E-state index contributed by atoms with van der Waals surface area (Å²) in [5.74, 6) is 0.755. The molecule has 3 fully saturated rings. The van der Waals surface area contributed by atoms with Crippen molar-refractivity contribution in [2.45, 2.75) is 45.1 Å². The van der Waals surface area contributed by atoms with Crippen molar-refractivity contribution in [3.8, 4) is 0 Å². The third-order valence-corrected chi connectivity index (χ3v) is 6.22. The lowest BCUT2D eigenvalue weighted by molar-refractivity contribution is -0.148. The molecule has 2 N–H and O–H groups in total. The van der Waals surface area contributed by atoms with Gasteiger partial charge < -0.3 is 20.2 Å². The summed E-state index contributed by atoms with van der Waals surface area (Å²) in [6, 6.07) is 1.32. The Hall–Kier alpha value is -2.38. The lowest BCUT2D eigenvalue weighted by atomic mass is 9.76. The smallest absolute Gasteiger partial charge is 0.326 e. The van der Waals surface area contributed by atoms with Gasteiger partial charge in [0, 0.05) is 44.4 Å². The highest BCUT2D eigenvalue weighted by Gasteiger charge is 2.51. The number of anilines is 2. The number of rotatable bonds is 4. The van der Waals surface area contributed by atoms with Crippen molar-refractivity contribution in [1.29, 1.82) is 0 Å². The zero-order valence-electron chi connectivity index (χ0n) is 15.9. The Labute approximate surface area is 159 Å². The standard InChI is InChI=1S/C19H27N5O3/c1-12-9-15(22-18(20-2)21-12)23-7-5-19(6-8-23)10-14(17(26)27)24(11-19)16(25)13-3-4-13/h9,13-14H,3-8,10-11H2,1-2H3,(H,26,27)(H,20,21,22)/t14-/m0/s1. The second-order valence-corrected chi connectivity index (χ2v) is 8.23. The van der Waals surface area contributed by atoms with Crippen molar-refractivity contribution >= 4 is 23.6 Å². The van der Waals surface area contributed by atoms with Gasteiger partial charge >= 0.3 is 5.97 Å². The first-order valence-corrected chi connectivity index (χ1v) is 9.72. The number of likely N-dealkylation sites (tertiary alicyclic amines) is 1. The largest absolute Gasteiger partial charge is 0.480 e. The van der Waals surface area contributed by atoms with Crippen molar-refractivity contribution < 1.29 is 14.7 Å². The summed E-state index contributed by atoms with van der Waals surface area (Å²) in [6.45, 7) is 4.17. The molecule has 4 rings (SSSR count). The van der Waals surface area contributed by atoms with Crippen LogP contribution in [0.15, 0.2) is 6.07 Å². The van der Waals surface area contributed by atoms with Crippen LogP contribution in [0.25, 0.3) is 0 Å². The van der Waals surface area contributed by atoms with E-state index in [0.717, 1.165) is 50.3 Å². The molecular formula is C19H27N5O3. The number of carbonyl (C=O) groups excluding carboxylic acids is 1. The molecule has 8 heteroatoms. The predicted molar refractivity (Wildman–Crippen MR) is 101 cm³/mol. The summed E-state index contributed by atoms with van der Waals surface area (Å²) in [5, 5.41) is 12.6. The molecule has 0 bridgehead atoms. The molecule has 1 aromatic heterocycles. The zero-order valence-corrected chi connectivity index (χ0v) is 15.9. The van der Waals surface area contributed by atoms with E-state index in [1.807, 2.05) is 13.0 Å². The number of nitrogens with zero attached hydrogens (tertiary/aromatic N) is 4. The molecule has 0 radical (unpaired) electrons. The molecule has 0 unspecified atom stereocenters. The van der Waals surface area contributed by atoms with Gasteiger partial charge in [-0.2, -0.15) is 4.98 Å². The quantitative estimate of drug-likeness (QED) is 0.825. The average Bonchev–Trinajstić information content (AvgIpc) is 3.43. The van der Waals surface area contributed by atoms with Crippen molar-refractivity contribution in [2.24, 2.45) is 11.3 Å². The number of carboxylic acid groups (broad SMARTS) is 1. The van der Waals surface area contributed by atoms with Crippen LogP contribution in [-0.2, 0) is 9.59 Å². The Morgan fingerprint density at radius 3 is 2.56 bits per heavy atom. The van der Waals surface area contributed by atoms with E-state index >= 15 is 0 Å². The van der Waals surface area contributed by atoms with Crippen LogP contribution in [0.4, 0.5) is 11.8 Å². The molecule has 1 aromatic rings. The molecule has 0 aromatic carbocycles. The summed E-state index contributed by atoms with van der Waals surface area (Å²) in [6.07, 6.45) is 4.14. The summed E-state index contributed by atoms with van der Waals surface area (Å²) >= 11 is 0. The van der Waals surface area contributed by atoms with E-state index in [0.29, 0.717) is 18.9 Å². The summed E-state index contributed by atoms with van der Waals surface area (Å²) in [5.41, 5.74) is 0.829. The van der Waals surface area contributed by atoms with Gasteiger partial charge in [0.25, 0.3) is 0 Å². The first-order valence-electron chi connectivity index (χ1n) is 9.72. The van der Waals surface area contributed by atoms with E-state index in [-0.39, 0.29) is 17.2 Å². The topological polar surface area (TPSA) is 98.7 Å². The van der Waals surface area contributed by atoms with E-state index in [2.05, 4.69) is 20.2 Å². The van der Waals surface area contributed by atoms with Gasteiger partial charge in [0.1, 0.15) is 11.9 Å². The Morgan fingerprint density at radius 2 is 1.96 bits per heavy atom. The maximum absolute atomic E-state index is 12.6. The van der Waals surface area contributed by atoms with Crippen LogP contribution in [0.3, 0.4) is 0 Å². The number of piperidine rings is 1. The lowest BCUT2D eigenvalue weighted by Gasteiger charge is -2.39. The molecule has 2 aliphatic heterocycles. The maximum Gasteiger partial charge on any atom is 0.326 e. The third-order valence-electron chi connectivity index (χ3n) is 6.22. The minimum atomic E-state index is -0.867. The van der Waals surface area contributed by atoms with Crippen LogP contribution < -0.4 is 10.2 Å². The lowest BCUT2D eigenvalue weighted by Crippen LogP contribution is -2.43. The number of hydrogen-bond donors (Lipinski definition) is 2. The summed E-state index contributed by atoms with van der Waals surface area (Å²) in [4.78, 5) is 37.1. The van der Waals surface area contributed by atoms with Gasteiger partial charge in [-0.3, -0.25) is 4.79 Å². The minimum absolute atomic E-state index is 0.0480. The van der Waals surface area contributed by atoms with E-state index < -0.39 is 12.0 Å². The predicted octanol–water partition coefficient (Wildman–Crippen LogP) is 1.51. The molecule has 3 heterocycles. The van der Waals surface area contributed by atoms with Gasteiger partial charge in [0.05, 0.1) is 0 Å².